The van der Waals surface area contributed by atoms with Crippen LogP contribution >= 0.6 is 0 Å². The molecule has 2 aromatic rings. The lowest BCUT2D eigenvalue weighted by molar-refractivity contribution is -0.138. The SMILES string of the molecule is O=C1CCC(N2Cc3c(NC(=O)COCCOCCOCCOc4ccc(C(F)(F)F)cc4)cccc3C2=O)C(=O)N1. The number of imide groups is 1. The number of nitrogens with one attached hydrogen (secondary N) is 2. The van der Waals surface area contributed by atoms with Gasteiger partial charge in [-0.05, 0) is 42.8 Å². The molecule has 2 aliphatic heterocycles. The van der Waals surface area contributed by atoms with Crippen LogP contribution in [0.1, 0.15) is 34.3 Å². The Hall–Kier alpha value is -4.01. The summed E-state index contributed by atoms with van der Waals surface area (Å²) < 4.78 is 59.1. The predicted octanol–water partition coefficient (Wildman–Crippen LogP) is 2.53. The molecular weight excluding hydrogens is 563 g/mol. The first-order valence-corrected chi connectivity index (χ1v) is 13.2. The summed E-state index contributed by atoms with van der Waals surface area (Å²) in [6.07, 6.45) is -4.00. The Morgan fingerprint density at radius 2 is 1.60 bits per heavy atom. The molecule has 0 spiro atoms. The molecule has 1 fully saturated rings. The van der Waals surface area contributed by atoms with E-state index in [0.29, 0.717) is 22.6 Å². The Bertz CT molecular complexity index is 1290. The van der Waals surface area contributed by atoms with Crippen LogP contribution in [0.15, 0.2) is 42.5 Å². The molecule has 226 valence electrons. The minimum atomic E-state index is -4.39. The van der Waals surface area contributed by atoms with Gasteiger partial charge in [-0.1, -0.05) is 6.07 Å². The first kappa shape index (κ1) is 30.9. The van der Waals surface area contributed by atoms with E-state index in [-0.39, 0.29) is 77.4 Å². The van der Waals surface area contributed by atoms with Gasteiger partial charge in [-0.15, -0.1) is 0 Å². The Balaban J connectivity index is 1.06. The summed E-state index contributed by atoms with van der Waals surface area (Å²) in [7, 11) is 0. The van der Waals surface area contributed by atoms with Crippen LogP contribution in [0.5, 0.6) is 5.75 Å². The number of hydrogen-bond acceptors (Lipinski definition) is 8. The number of carbonyl (C=O) groups is 4. The second-order valence-electron chi connectivity index (χ2n) is 9.43. The van der Waals surface area contributed by atoms with Crippen LogP contribution in [0.2, 0.25) is 0 Å². The van der Waals surface area contributed by atoms with Gasteiger partial charge in [-0.25, -0.2) is 0 Å². The molecule has 2 aliphatic rings. The van der Waals surface area contributed by atoms with Crippen molar-refractivity contribution in [3.8, 4) is 5.75 Å². The molecule has 1 atom stereocenters. The van der Waals surface area contributed by atoms with Gasteiger partial charge in [0.25, 0.3) is 5.91 Å². The lowest BCUT2D eigenvalue weighted by atomic mass is 10.0. The largest absolute Gasteiger partial charge is 0.491 e. The highest BCUT2D eigenvalue weighted by atomic mass is 19.4. The fraction of sp³-hybridized carbons (Fsp3) is 0.429. The monoisotopic (exact) mass is 593 g/mol. The van der Waals surface area contributed by atoms with Crippen molar-refractivity contribution in [2.75, 3.05) is 51.6 Å². The zero-order valence-electron chi connectivity index (χ0n) is 22.5. The summed E-state index contributed by atoms with van der Waals surface area (Å²) in [5.74, 6) is -1.32. The van der Waals surface area contributed by atoms with Gasteiger partial charge in [0.1, 0.15) is 25.0 Å². The summed E-state index contributed by atoms with van der Waals surface area (Å²) in [5, 5.41) is 4.99. The number of rotatable bonds is 14. The number of anilines is 1. The number of hydrogen-bond donors (Lipinski definition) is 2. The Kier molecular flexibility index (Phi) is 10.5. The van der Waals surface area contributed by atoms with E-state index in [1.165, 1.54) is 17.0 Å². The number of carbonyl (C=O) groups excluding carboxylic acids is 4. The quantitative estimate of drug-likeness (QED) is 0.252. The Labute approximate surface area is 239 Å². The second-order valence-corrected chi connectivity index (χ2v) is 9.43. The van der Waals surface area contributed by atoms with Crippen LogP contribution in [0.25, 0.3) is 0 Å². The number of amides is 4. The standard InChI is InChI=1S/C28H30F3N3O8/c29-28(30,31)18-4-6-19(7-5-18)42-15-14-40-11-10-39-12-13-41-17-25(36)32-22-3-1-2-20-21(22)16-34(27(20)38)23-8-9-24(35)33-26(23)37/h1-7,23H,8-17H2,(H,32,36)(H,33,35,37). The smallest absolute Gasteiger partial charge is 0.416 e. The van der Waals surface area contributed by atoms with E-state index < -0.39 is 29.6 Å². The lowest BCUT2D eigenvalue weighted by Crippen LogP contribution is -2.52. The number of alkyl halides is 3. The molecule has 11 nitrogen and oxygen atoms in total. The van der Waals surface area contributed by atoms with E-state index in [1.54, 1.807) is 18.2 Å². The van der Waals surface area contributed by atoms with Gasteiger partial charge in [0.05, 0.1) is 38.6 Å². The van der Waals surface area contributed by atoms with Crippen LogP contribution in [0.4, 0.5) is 18.9 Å². The summed E-state index contributed by atoms with van der Waals surface area (Å²) in [6.45, 7) is 1.19. The molecular formula is C28H30F3N3O8. The minimum absolute atomic E-state index is 0.134. The van der Waals surface area contributed by atoms with Crippen molar-refractivity contribution in [3.63, 3.8) is 0 Å². The second kappa shape index (κ2) is 14.2. The van der Waals surface area contributed by atoms with E-state index >= 15 is 0 Å². The Morgan fingerprint density at radius 3 is 2.26 bits per heavy atom. The molecule has 4 amide bonds. The molecule has 2 N–H and O–H groups in total. The minimum Gasteiger partial charge on any atom is -0.491 e. The Morgan fingerprint density at radius 1 is 0.929 bits per heavy atom. The fourth-order valence-electron chi connectivity index (χ4n) is 4.45. The number of halogens is 3. The number of ether oxygens (including phenoxy) is 4. The van der Waals surface area contributed by atoms with Crippen LogP contribution in [-0.2, 0) is 41.3 Å². The van der Waals surface area contributed by atoms with Gasteiger partial charge < -0.3 is 29.2 Å². The third-order valence-electron chi connectivity index (χ3n) is 6.51. The predicted molar refractivity (Wildman–Crippen MR) is 141 cm³/mol. The van der Waals surface area contributed by atoms with Crippen molar-refractivity contribution >= 4 is 29.3 Å². The van der Waals surface area contributed by atoms with Gasteiger partial charge in [0.15, 0.2) is 0 Å². The van der Waals surface area contributed by atoms with Crippen LogP contribution in [0, 0.1) is 0 Å². The van der Waals surface area contributed by atoms with Crippen LogP contribution in [0.3, 0.4) is 0 Å². The topological polar surface area (TPSA) is 132 Å². The molecule has 0 radical (unpaired) electrons. The van der Waals surface area contributed by atoms with Crippen molar-refractivity contribution < 1.29 is 51.3 Å². The molecule has 2 aromatic carbocycles. The maximum atomic E-state index is 12.9. The summed E-state index contributed by atoms with van der Waals surface area (Å²) >= 11 is 0. The van der Waals surface area contributed by atoms with Gasteiger partial charge in [0, 0.05) is 29.8 Å². The molecule has 0 aliphatic carbocycles. The summed E-state index contributed by atoms with van der Waals surface area (Å²) in [4.78, 5) is 50.4. The van der Waals surface area contributed by atoms with Gasteiger partial charge in [-0.3, -0.25) is 24.5 Å². The molecule has 2 heterocycles. The molecule has 0 bridgehead atoms. The molecule has 42 heavy (non-hydrogen) atoms. The highest BCUT2D eigenvalue weighted by molar-refractivity contribution is 6.06. The van der Waals surface area contributed by atoms with E-state index in [2.05, 4.69) is 10.6 Å². The zero-order valence-corrected chi connectivity index (χ0v) is 22.5. The van der Waals surface area contributed by atoms with E-state index in [9.17, 15) is 32.3 Å². The molecule has 14 heteroatoms. The zero-order chi connectivity index (χ0) is 30.1. The summed E-state index contributed by atoms with van der Waals surface area (Å²) in [5.41, 5.74) is 0.679. The van der Waals surface area contributed by atoms with Crippen molar-refractivity contribution in [1.29, 1.82) is 0 Å². The number of nitrogens with zero attached hydrogens (tertiary/aromatic N) is 1. The van der Waals surface area contributed by atoms with Gasteiger partial charge in [0.2, 0.25) is 17.7 Å². The maximum absolute atomic E-state index is 12.9. The molecule has 0 saturated carbocycles. The molecule has 0 aromatic heterocycles. The highest BCUT2D eigenvalue weighted by Gasteiger charge is 2.40. The third kappa shape index (κ3) is 8.27. The first-order chi connectivity index (χ1) is 20.1. The maximum Gasteiger partial charge on any atom is 0.416 e. The van der Waals surface area contributed by atoms with Crippen molar-refractivity contribution in [1.82, 2.24) is 10.2 Å². The lowest BCUT2D eigenvalue weighted by Gasteiger charge is -2.29. The molecule has 1 saturated heterocycles. The fourth-order valence-corrected chi connectivity index (χ4v) is 4.45. The van der Waals surface area contributed by atoms with E-state index in [1.807, 2.05) is 0 Å². The molecule has 1 unspecified atom stereocenters. The average molecular weight is 594 g/mol. The third-order valence-corrected chi connectivity index (χ3v) is 6.51. The van der Waals surface area contributed by atoms with Crippen LogP contribution < -0.4 is 15.4 Å². The van der Waals surface area contributed by atoms with Crippen molar-refractivity contribution in [2.45, 2.75) is 31.6 Å². The first-order valence-electron chi connectivity index (χ1n) is 13.2. The normalized spacial score (nSPS) is 16.8. The number of fused-ring (bicyclic) bond motifs is 1. The van der Waals surface area contributed by atoms with E-state index in [4.69, 9.17) is 18.9 Å². The van der Waals surface area contributed by atoms with Gasteiger partial charge in [-0.2, -0.15) is 13.2 Å². The van der Waals surface area contributed by atoms with Crippen molar-refractivity contribution in [3.05, 3.63) is 59.2 Å². The number of benzene rings is 2. The van der Waals surface area contributed by atoms with Crippen molar-refractivity contribution in [2.24, 2.45) is 0 Å². The number of piperidine rings is 1. The van der Waals surface area contributed by atoms with Crippen LogP contribution in [-0.4, -0.2) is 80.8 Å². The molecule has 4 rings (SSSR count). The average Bonchev–Trinajstić information content (AvgIpc) is 3.28. The highest BCUT2D eigenvalue weighted by Crippen LogP contribution is 2.32. The van der Waals surface area contributed by atoms with Gasteiger partial charge >= 0.3 is 6.18 Å². The van der Waals surface area contributed by atoms with E-state index in [0.717, 1.165) is 12.1 Å². The summed E-state index contributed by atoms with van der Waals surface area (Å²) in [6, 6.07) is 8.57.